The Kier molecular flexibility index (Phi) is 5.98. The van der Waals surface area contributed by atoms with Gasteiger partial charge in [0.1, 0.15) is 0 Å². The number of carbonyl (C=O) groups is 2. The Hall–Kier alpha value is -3.42. The minimum atomic E-state index is -0.816. The van der Waals surface area contributed by atoms with Gasteiger partial charge in [-0.3, -0.25) is 4.79 Å². The van der Waals surface area contributed by atoms with Crippen molar-refractivity contribution in [3.8, 4) is 0 Å². The first-order chi connectivity index (χ1) is 16.5. The molecule has 7 heteroatoms. The molecule has 2 aliphatic rings. The Morgan fingerprint density at radius 1 is 0.794 bits per heavy atom. The molecule has 0 unspecified atom stereocenters. The minimum absolute atomic E-state index is 0.429. The Labute approximate surface area is 199 Å². The molecule has 0 fully saturated rings. The normalized spacial score (nSPS) is 16.0. The fourth-order valence-corrected chi connectivity index (χ4v) is 5.08. The van der Waals surface area contributed by atoms with Gasteiger partial charge in [0.15, 0.2) is 0 Å². The third kappa shape index (κ3) is 4.02. The number of para-hydroxylation sites is 2. The van der Waals surface area contributed by atoms with Crippen LogP contribution in [-0.2, 0) is 35.7 Å². The SMILES string of the molecule is CN1CCn2ccc3cccc(c32)C1.COC(=O)C(=O)c1cn2c3c(cccc13)CN(C)CC2. The molecule has 2 aromatic heterocycles. The van der Waals surface area contributed by atoms with Gasteiger partial charge in [0.25, 0.3) is 5.78 Å². The molecule has 34 heavy (non-hydrogen) atoms. The average Bonchev–Trinajstić information content (AvgIpc) is 3.33. The van der Waals surface area contributed by atoms with E-state index in [2.05, 4.69) is 74.3 Å². The molecule has 0 bridgehead atoms. The summed E-state index contributed by atoms with van der Waals surface area (Å²) in [6, 6.07) is 14.7. The van der Waals surface area contributed by atoms with Crippen LogP contribution in [-0.4, -0.2) is 65.0 Å². The lowest BCUT2D eigenvalue weighted by molar-refractivity contribution is -0.135. The van der Waals surface area contributed by atoms with Crippen LogP contribution >= 0.6 is 0 Å². The number of hydrogen-bond donors (Lipinski definition) is 0. The fraction of sp³-hybridized carbons (Fsp3) is 0.333. The van der Waals surface area contributed by atoms with Crippen molar-refractivity contribution < 1.29 is 14.3 Å². The maximum Gasteiger partial charge on any atom is 0.379 e. The number of carbonyl (C=O) groups excluding carboxylic acids is 2. The second kappa shape index (κ2) is 9.08. The van der Waals surface area contributed by atoms with Gasteiger partial charge < -0.3 is 23.7 Å². The summed E-state index contributed by atoms with van der Waals surface area (Å²) in [7, 11) is 5.49. The highest BCUT2D eigenvalue weighted by atomic mass is 16.5. The molecule has 2 aromatic carbocycles. The van der Waals surface area contributed by atoms with Crippen LogP contribution in [0.3, 0.4) is 0 Å². The molecule has 0 radical (unpaired) electrons. The number of aromatic nitrogens is 2. The van der Waals surface area contributed by atoms with E-state index < -0.39 is 11.8 Å². The zero-order valence-corrected chi connectivity index (χ0v) is 20.0. The first-order valence-corrected chi connectivity index (χ1v) is 11.6. The van der Waals surface area contributed by atoms with Crippen LogP contribution in [0.1, 0.15) is 21.5 Å². The van der Waals surface area contributed by atoms with E-state index in [0.29, 0.717) is 5.56 Å². The zero-order chi connectivity index (χ0) is 23.8. The lowest BCUT2D eigenvalue weighted by Gasteiger charge is -2.12. The predicted molar refractivity (Wildman–Crippen MR) is 133 cm³/mol. The number of hydrogen-bond acceptors (Lipinski definition) is 5. The Balaban J connectivity index is 0.000000150. The first kappa shape index (κ1) is 22.4. The maximum atomic E-state index is 12.1. The van der Waals surface area contributed by atoms with Crippen molar-refractivity contribution in [2.24, 2.45) is 0 Å². The summed E-state index contributed by atoms with van der Waals surface area (Å²) in [5.74, 6) is -1.40. The van der Waals surface area contributed by atoms with Crippen LogP contribution in [0.15, 0.2) is 54.9 Å². The highest BCUT2D eigenvalue weighted by Crippen LogP contribution is 2.28. The molecular formula is C27H30N4O3. The zero-order valence-electron chi connectivity index (χ0n) is 20.0. The predicted octanol–water partition coefficient (Wildman–Crippen LogP) is 3.53. The van der Waals surface area contributed by atoms with E-state index in [1.165, 1.54) is 29.1 Å². The van der Waals surface area contributed by atoms with Crippen LogP contribution < -0.4 is 0 Å². The summed E-state index contributed by atoms with van der Waals surface area (Å²) in [6.45, 7) is 5.87. The Morgan fingerprint density at radius 3 is 2.15 bits per heavy atom. The second-order valence-electron chi connectivity index (χ2n) is 9.21. The molecule has 176 valence electrons. The topological polar surface area (TPSA) is 59.7 Å². The van der Waals surface area contributed by atoms with Gasteiger partial charge >= 0.3 is 5.97 Å². The molecule has 2 aliphatic heterocycles. The summed E-state index contributed by atoms with van der Waals surface area (Å²) < 4.78 is 8.97. The molecule has 4 aromatic rings. The van der Waals surface area contributed by atoms with Gasteiger partial charge in [0, 0.05) is 57.0 Å². The van der Waals surface area contributed by atoms with Crippen LogP contribution in [0.25, 0.3) is 21.8 Å². The van der Waals surface area contributed by atoms with Crippen LogP contribution in [0.4, 0.5) is 0 Å². The highest BCUT2D eigenvalue weighted by Gasteiger charge is 2.24. The molecule has 0 aliphatic carbocycles. The molecule has 0 saturated carbocycles. The number of benzene rings is 2. The van der Waals surface area contributed by atoms with Crippen molar-refractivity contribution in [2.45, 2.75) is 26.2 Å². The second-order valence-corrected chi connectivity index (χ2v) is 9.21. The number of Topliss-reactive ketones (excluding diaryl/α,β-unsaturated/α-hetero) is 1. The van der Waals surface area contributed by atoms with Crippen molar-refractivity contribution >= 4 is 33.6 Å². The molecule has 0 spiro atoms. The number of esters is 1. The third-order valence-electron chi connectivity index (χ3n) is 6.80. The highest BCUT2D eigenvalue weighted by molar-refractivity contribution is 6.43. The van der Waals surface area contributed by atoms with Crippen LogP contribution in [0.2, 0.25) is 0 Å². The summed E-state index contributed by atoms with van der Waals surface area (Å²) >= 11 is 0. The quantitative estimate of drug-likeness (QED) is 0.261. The monoisotopic (exact) mass is 458 g/mol. The smallest absolute Gasteiger partial charge is 0.379 e. The van der Waals surface area contributed by atoms with E-state index >= 15 is 0 Å². The van der Waals surface area contributed by atoms with Gasteiger partial charge in [-0.25, -0.2) is 4.79 Å². The van der Waals surface area contributed by atoms with E-state index in [4.69, 9.17) is 0 Å². The molecule has 0 amide bonds. The van der Waals surface area contributed by atoms with Gasteiger partial charge in [0.2, 0.25) is 0 Å². The summed E-state index contributed by atoms with van der Waals surface area (Å²) in [4.78, 5) is 28.2. The molecule has 0 atom stereocenters. The largest absolute Gasteiger partial charge is 0.463 e. The number of rotatable bonds is 2. The summed E-state index contributed by atoms with van der Waals surface area (Å²) in [6.07, 6.45) is 3.97. The van der Waals surface area contributed by atoms with Crippen molar-refractivity contribution in [2.75, 3.05) is 34.3 Å². The first-order valence-electron chi connectivity index (χ1n) is 11.6. The van der Waals surface area contributed by atoms with Crippen LogP contribution in [0, 0.1) is 0 Å². The van der Waals surface area contributed by atoms with E-state index in [1.54, 1.807) is 6.20 Å². The minimum Gasteiger partial charge on any atom is -0.463 e. The van der Waals surface area contributed by atoms with Crippen molar-refractivity contribution in [1.82, 2.24) is 18.9 Å². The molecule has 4 heterocycles. The molecule has 0 saturated heterocycles. The van der Waals surface area contributed by atoms with E-state index in [-0.39, 0.29) is 0 Å². The Morgan fingerprint density at radius 2 is 1.44 bits per heavy atom. The number of likely N-dealkylation sites (N-methyl/N-ethyl adjacent to an activating group) is 2. The van der Waals surface area contributed by atoms with Gasteiger partial charge in [-0.15, -0.1) is 0 Å². The van der Waals surface area contributed by atoms with Gasteiger partial charge in [0.05, 0.1) is 23.7 Å². The number of ether oxygens (including phenoxy) is 1. The Bertz CT molecular complexity index is 1380. The van der Waals surface area contributed by atoms with Gasteiger partial charge in [-0.2, -0.15) is 0 Å². The van der Waals surface area contributed by atoms with Gasteiger partial charge in [-0.1, -0.05) is 36.4 Å². The third-order valence-corrected chi connectivity index (χ3v) is 6.80. The lowest BCUT2D eigenvalue weighted by Crippen LogP contribution is -2.20. The van der Waals surface area contributed by atoms with Crippen LogP contribution in [0.5, 0.6) is 0 Å². The van der Waals surface area contributed by atoms with Crippen molar-refractivity contribution in [3.05, 3.63) is 71.5 Å². The number of nitrogens with zero attached hydrogens (tertiary/aromatic N) is 4. The van der Waals surface area contributed by atoms with Crippen molar-refractivity contribution in [1.29, 1.82) is 0 Å². The van der Waals surface area contributed by atoms with E-state index in [0.717, 1.165) is 50.2 Å². The summed E-state index contributed by atoms with van der Waals surface area (Å²) in [5.41, 5.74) is 5.53. The molecular weight excluding hydrogens is 428 g/mol. The number of ketones is 1. The maximum absolute atomic E-state index is 12.1. The van der Waals surface area contributed by atoms with Gasteiger partial charge in [-0.05, 0) is 36.7 Å². The summed E-state index contributed by atoms with van der Waals surface area (Å²) in [5, 5.41) is 2.20. The number of methoxy groups -OCH3 is 1. The average molecular weight is 459 g/mol. The fourth-order valence-electron chi connectivity index (χ4n) is 5.08. The standard InChI is InChI=1S/C15H16N2O3.C12H14N2/c1-16-6-7-17-9-12(14(18)15(19)20-2)11-5-3-4-10(8-16)13(11)17;1-13-7-8-14-6-5-10-3-2-4-11(9-13)12(10)14/h3-5,9H,6-8H2,1-2H3;2-6H,7-9H2,1H3. The lowest BCUT2D eigenvalue weighted by atomic mass is 10.1. The molecule has 7 nitrogen and oxygen atoms in total. The van der Waals surface area contributed by atoms with E-state index in [1.807, 2.05) is 12.1 Å². The van der Waals surface area contributed by atoms with E-state index in [9.17, 15) is 9.59 Å². The van der Waals surface area contributed by atoms with Crippen molar-refractivity contribution in [3.63, 3.8) is 0 Å². The molecule has 6 rings (SSSR count). The molecule has 0 N–H and O–H groups in total.